The van der Waals surface area contributed by atoms with Gasteiger partial charge in [0, 0.05) is 44.5 Å². The average molecular weight is 564 g/mol. The highest BCUT2D eigenvalue weighted by Gasteiger charge is 2.15. The van der Waals surface area contributed by atoms with Gasteiger partial charge in [-0.25, -0.2) is 4.98 Å². The average Bonchev–Trinajstić information content (AvgIpc) is 3.19. The van der Waals surface area contributed by atoms with Gasteiger partial charge in [0.1, 0.15) is 5.82 Å². The Morgan fingerprint density at radius 2 is 1.40 bits per heavy atom. The predicted molar refractivity (Wildman–Crippen MR) is 136 cm³/mol. The van der Waals surface area contributed by atoms with Crippen molar-refractivity contribution in [1.82, 2.24) is 15.3 Å². The summed E-state index contributed by atoms with van der Waals surface area (Å²) in [5.74, 6) is 1.83. The maximum Gasteiger partial charge on any atom is 0.122 e. The summed E-state index contributed by atoms with van der Waals surface area (Å²) in [5, 5.41) is 5.93. The molecule has 0 bridgehead atoms. The summed E-state index contributed by atoms with van der Waals surface area (Å²) in [6, 6.07) is 6.71. The van der Waals surface area contributed by atoms with Crippen molar-refractivity contribution in [3.8, 4) is 0 Å². The van der Waals surface area contributed by atoms with Crippen molar-refractivity contribution in [1.29, 1.82) is 0 Å². The van der Waals surface area contributed by atoms with Gasteiger partial charge >= 0.3 is 0 Å². The Morgan fingerprint density at radius 3 is 1.77 bits per heavy atom. The van der Waals surface area contributed by atoms with E-state index in [1.54, 1.807) is 30.5 Å². The molecule has 0 fully saturated rings. The highest BCUT2D eigenvalue weighted by Crippen LogP contribution is 2.45. The fourth-order valence-corrected chi connectivity index (χ4v) is 5.30. The summed E-state index contributed by atoms with van der Waals surface area (Å²) in [5.41, 5.74) is 0. The number of aromatic amines is 1. The number of halogens is 6. The van der Waals surface area contributed by atoms with E-state index in [0.29, 0.717) is 39.9 Å². The second-order valence-electron chi connectivity index (χ2n) is 5.87. The van der Waals surface area contributed by atoms with Gasteiger partial charge in [0.25, 0.3) is 0 Å². The lowest BCUT2D eigenvalue weighted by Gasteiger charge is -2.10. The van der Waals surface area contributed by atoms with Gasteiger partial charge < -0.3 is 10.3 Å². The standard InChI is InChI=1S/C12H4Cl6S.C7H13N3S/c13-5-1-7(15)11(8(16)2-5)19-12-9(17)3-6(14)4-10(12)18;1-6(8-4-5-11)7-9-2-3-10-7/h1-4H;2-3,6,8,11H,4-5H2,1H3,(H,9,10). The van der Waals surface area contributed by atoms with Crippen LogP contribution < -0.4 is 5.32 Å². The van der Waals surface area contributed by atoms with Gasteiger partial charge in [0.2, 0.25) is 0 Å². The molecule has 0 aliphatic carbocycles. The lowest BCUT2D eigenvalue weighted by Crippen LogP contribution is -2.21. The third kappa shape index (κ3) is 7.88. The second-order valence-corrected chi connectivity index (χ2v) is 9.84. The van der Waals surface area contributed by atoms with Crippen LogP contribution in [0.25, 0.3) is 0 Å². The van der Waals surface area contributed by atoms with Crippen molar-refractivity contribution in [3.05, 3.63) is 72.6 Å². The first-order valence-corrected chi connectivity index (χ1v) is 12.2. The molecule has 0 radical (unpaired) electrons. The third-order valence-electron chi connectivity index (χ3n) is 3.62. The van der Waals surface area contributed by atoms with Gasteiger partial charge in [-0.3, -0.25) is 0 Å². The second kappa shape index (κ2) is 12.9. The summed E-state index contributed by atoms with van der Waals surface area (Å²) < 4.78 is 0. The van der Waals surface area contributed by atoms with Crippen molar-refractivity contribution in [3.63, 3.8) is 0 Å². The molecule has 0 saturated heterocycles. The van der Waals surface area contributed by atoms with Gasteiger partial charge in [-0.15, -0.1) is 0 Å². The van der Waals surface area contributed by atoms with Gasteiger partial charge in [0.15, 0.2) is 0 Å². The van der Waals surface area contributed by atoms with Crippen LogP contribution in [-0.2, 0) is 0 Å². The van der Waals surface area contributed by atoms with Crippen LogP contribution in [0.4, 0.5) is 0 Å². The number of nitrogens with zero attached hydrogens (tertiary/aromatic N) is 1. The van der Waals surface area contributed by atoms with Crippen LogP contribution in [0, 0.1) is 0 Å². The zero-order chi connectivity index (χ0) is 22.3. The summed E-state index contributed by atoms with van der Waals surface area (Å²) >= 11 is 41.6. The molecule has 1 atom stereocenters. The Kier molecular flexibility index (Phi) is 11.3. The minimum atomic E-state index is 0.289. The highest BCUT2D eigenvalue weighted by molar-refractivity contribution is 7.99. The number of hydrogen-bond acceptors (Lipinski definition) is 4. The molecule has 1 heterocycles. The van der Waals surface area contributed by atoms with Crippen LogP contribution in [-0.4, -0.2) is 22.3 Å². The minimum Gasteiger partial charge on any atom is -0.347 e. The van der Waals surface area contributed by atoms with Gasteiger partial charge in [-0.2, -0.15) is 12.6 Å². The van der Waals surface area contributed by atoms with Crippen molar-refractivity contribution in [2.45, 2.75) is 22.8 Å². The molecule has 1 unspecified atom stereocenters. The Morgan fingerprint density at radius 1 is 0.933 bits per heavy atom. The number of nitrogens with one attached hydrogen (secondary N) is 2. The van der Waals surface area contributed by atoms with Crippen molar-refractivity contribution in [2.75, 3.05) is 12.3 Å². The molecule has 30 heavy (non-hydrogen) atoms. The van der Waals surface area contributed by atoms with E-state index in [1.807, 2.05) is 6.20 Å². The molecule has 2 aromatic carbocycles. The fraction of sp³-hybridized carbons (Fsp3) is 0.211. The molecule has 3 rings (SSSR count). The predicted octanol–water partition coefficient (Wildman–Crippen LogP) is 8.75. The first kappa shape index (κ1) is 26.3. The van der Waals surface area contributed by atoms with E-state index in [-0.39, 0.29) is 6.04 Å². The third-order valence-corrected chi connectivity index (χ3v) is 7.21. The van der Waals surface area contributed by atoms with Crippen LogP contribution in [0.2, 0.25) is 30.1 Å². The SMILES string of the molecule is CC(NCCS)c1ncc[nH]1.Clc1cc(Cl)c(Sc2c(Cl)cc(Cl)cc2Cl)c(Cl)c1. The molecule has 0 aliphatic rings. The van der Waals surface area contributed by atoms with E-state index >= 15 is 0 Å². The van der Waals surface area contributed by atoms with E-state index in [4.69, 9.17) is 69.6 Å². The quantitative estimate of drug-likeness (QED) is 0.263. The molecule has 2 N–H and O–H groups in total. The number of benzene rings is 2. The molecule has 0 aliphatic heterocycles. The van der Waals surface area contributed by atoms with Crippen LogP contribution in [0.3, 0.4) is 0 Å². The van der Waals surface area contributed by atoms with Gasteiger partial charge in [-0.1, -0.05) is 81.4 Å². The Labute approximate surface area is 215 Å². The van der Waals surface area contributed by atoms with Crippen molar-refractivity contribution >= 4 is 94.0 Å². The molecule has 3 nitrogen and oxygen atoms in total. The molecular formula is C19H17Cl6N3S2. The van der Waals surface area contributed by atoms with Crippen LogP contribution in [0.5, 0.6) is 0 Å². The monoisotopic (exact) mass is 561 g/mol. The van der Waals surface area contributed by atoms with E-state index in [1.165, 1.54) is 11.8 Å². The normalized spacial score (nSPS) is 11.7. The number of rotatable bonds is 6. The molecular weight excluding hydrogens is 547 g/mol. The number of H-pyrrole nitrogens is 1. The van der Waals surface area contributed by atoms with E-state index in [0.717, 1.165) is 18.1 Å². The van der Waals surface area contributed by atoms with Crippen LogP contribution >= 0.6 is 94.0 Å². The van der Waals surface area contributed by atoms with Crippen molar-refractivity contribution < 1.29 is 0 Å². The Bertz CT molecular complexity index is 867. The van der Waals surface area contributed by atoms with Crippen molar-refractivity contribution in [2.24, 2.45) is 0 Å². The van der Waals surface area contributed by atoms with Gasteiger partial charge in [-0.05, 0) is 31.2 Å². The van der Waals surface area contributed by atoms with E-state index in [9.17, 15) is 0 Å². The van der Waals surface area contributed by atoms with E-state index in [2.05, 4.69) is 34.8 Å². The highest BCUT2D eigenvalue weighted by atomic mass is 35.5. The Hall–Kier alpha value is 0.0500. The van der Waals surface area contributed by atoms with Gasteiger partial charge in [0.05, 0.1) is 26.1 Å². The maximum absolute atomic E-state index is 6.12. The molecule has 0 amide bonds. The number of imidazole rings is 1. The molecule has 162 valence electrons. The van der Waals surface area contributed by atoms with E-state index < -0.39 is 0 Å². The first-order valence-electron chi connectivity index (χ1n) is 8.53. The maximum atomic E-state index is 6.12. The molecule has 0 saturated carbocycles. The Balaban J connectivity index is 0.000000248. The molecule has 11 heteroatoms. The lowest BCUT2D eigenvalue weighted by molar-refractivity contribution is 0.575. The topological polar surface area (TPSA) is 40.7 Å². The zero-order valence-electron chi connectivity index (χ0n) is 15.5. The molecule has 1 aromatic heterocycles. The summed E-state index contributed by atoms with van der Waals surface area (Å²) in [6.45, 7) is 2.98. The van der Waals surface area contributed by atoms with Crippen LogP contribution in [0.15, 0.2) is 46.5 Å². The van der Waals surface area contributed by atoms with Crippen LogP contribution in [0.1, 0.15) is 18.8 Å². The lowest BCUT2D eigenvalue weighted by atomic mass is 10.3. The molecule has 0 spiro atoms. The first-order chi connectivity index (χ1) is 14.2. The minimum absolute atomic E-state index is 0.289. The molecule has 3 aromatic rings. The summed E-state index contributed by atoms with van der Waals surface area (Å²) in [4.78, 5) is 8.45. The zero-order valence-corrected chi connectivity index (χ0v) is 21.8. The number of thiol groups is 1. The fourth-order valence-electron chi connectivity index (χ4n) is 2.25. The summed E-state index contributed by atoms with van der Waals surface area (Å²) in [7, 11) is 0. The summed E-state index contributed by atoms with van der Waals surface area (Å²) in [6.07, 6.45) is 3.59. The largest absolute Gasteiger partial charge is 0.347 e. The smallest absolute Gasteiger partial charge is 0.122 e. The number of aromatic nitrogens is 2. The number of hydrogen-bond donors (Lipinski definition) is 3.